The summed E-state index contributed by atoms with van der Waals surface area (Å²) < 4.78 is 0. The molecule has 0 amide bonds. The number of hydrogen-bond acceptors (Lipinski definition) is 2. The zero-order valence-corrected chi connectivity index (χ0v) is 12.2. The lowest BCUT2D eigenvalue weighted by Gasteiger charge is -2.06. The minimum Gasteiger partial charge on any atom is -0.508 e. The molecule has 0 unspecified atom stereocenters. The highest BCUT2D eigenvalue weighted by atomic mass is 16.3. The predicted octanol–water partition coefficient (Wildman–Crippen LogP) is 5.08. The van der Waals surface area contributed by atoms with Gasteiger partial charge in [0, 0.05) is 5.71 Å². The average molecular weight is 269 g/mol. The molecule has 0 spiro atoms. The van der Waals surface area contributed by atoms with E-state index < -0.39 is 0 Å². The Morgan fingerprint density at radius 3 is 2.55 bits per heavy atom. The van der Waals surface area contributed by atoms with Crippen LogP contribution in [0.1, 0.15) is 44.6 Å². The molecule has 2 heteroatoms. The second-order valence-corrected chi connectivity index (χ2v) is 5.43. The highest BCUT2D eigenvalue weighted by molar-refractivity contribution is 5.85. The van der Waals surface area contributed by atoms with Crippen molar-refractivity contribution in [3.8, 4) is 5.75 Å². The monoisotopic (exact) mass is 269 g/mol. The average Bonchev–Trinajstić information content (AvgIpc) is 2.45. The summed E-state index contributed by atoms with van der Waals surface area (Å²) >= 11 is 0. The van der Waals surface area contributed by atoms with E-state index >= 15 is 0 Å². The van der Waals surface area contributed by atoms with Crippen LogP contribution in [0.25, 0.3) is 10.8 Å². The molecule has 0 radical (unpaired) electrons. The van der Waals surface area contributed by atoms with E-state index in [9.17, 15) is 5.11 Å². The van der Waals surface area contributed by atoms with Gasteiger partial charge < -0.3 is 10.5 Å². The standard InChI is InChI=1S/C18H23NO/c1-2-3-4-5-17(19)10-7-14-6-8-16-13-18(20)11-9-15(16)12-14/h6,8-9,11-13,19-20H,2-5,7,10H2,1H3. The molecule has 0 fully saturated rings. The molecule has 20 heavy (non-hydrogen) atoms. The van der Waals surface area contributed by atoms with Gasteiger partial charge in [-0.05, 0) is 54.2 Å². The first kappa shape index (κ1) is 14.6. The van der Waals surface area contributed by atoms with Crippen LogP contribution >= 0.6 is 0 Å². The maximum atomic E-state index is 9.45. The third-order valence-corrected chi connectivity index (χ3v) is 3.69. The van der Waals surface area contributed by atoms with Crippen molar-refractivity contribution in [2.75, 3.05) is 0 Å². The van der Waals surface area contributed by atoms with Crippen molar-refractivity contribution in [2.45, 2.75) is 45.4 Å². The summed E-state index contributed by atoms with van der Waals surface area (Å²) in [6, 6.07) is 11.8. The first-order valence-electron chi connectivity index (χ1n) is 7.47. The molecule has 2 rings (SSSR count). The number of benzene rings is 2. The fourth-order valence-electron chi connectivity index (χ4n) is 2.45. The Bertz CT molecular complexity index is 589. The zero-order valence-electron chi connectivity index (χ0n) is 12.2. The molecule has 2 aromatic carbocycles. The fourth-order valence-corrected chi connectivity index (χ4v) is 2.45. The number of aryl methyl sites for hydroxylation is 1. The maximum Gasteiger partial charge on any atom is 0.116 e. The molecule has 0 heterocycles. The molecule has 2 aromatic rings. The van der Waals surface area contributed by atoms with Crippen LogP contribution in [-0.4, -0.2) is 10.8 Å². The topological polar surface area (TPSA) is 44.1 Å². The highest BCUT2D eigenvalue weighted by Gasteiger charge is 2.01. The van der Waals surface area contributed by atoms with E-state index in [1.807, 2.05) is 12.1 Å². The minimum absolute atomic E-state index is 0.308. The van der Waals surface area contributed by atoms with Gasteiger partial charge >= 0.3 is 0 Å². The lowest BCUT2D eigenvalue weighted by Crippen LogP contribution is -1.99. The van der Waals surface area contributed by atoms with Gasteiger partial charge in [-0.25, -0.2) is 0 Å². The number of phenolic OH excluding ortho intramolecular Hbond substituents is 1. The second kappa shape index (κ2) is 7.09. The van der Waals surface area contributed by atoms with E-state index in [1.54, 1.807) is 12.1 Å². The largest absolute Gasteiger partial charge is 0.508 e. The molecule has 0 aromatic heterocycles. The Labute approximate surface area is 121 Å². The van der Waals surface area contributed by atoms with Crippen LogP contribution in [0.15, 0.2) is 36.4 Å². The van der Waals surface area contributed by atoms with E-state index in [4.69, 9.17) is 5.41 Å². The number of fused-ring (bicyclic) bond motifs is 1. The lowest BCUT2D eigenvalue weighted by molar-refractivity contribution is 0.476. The molecule has 0 aliphatic carbocycles. The second-order valence-electron chi connectivity index (χ2n) is 5.43. The Morgan fingerprint density at radius 2 is 1.75 bits per heavy atom. The fraction of sp³-hybridized carbons (Fsp3) is 0.389. The summed E-state index contributed by atoms with van der Waals surface area (Å²) in [7, 11) is 0. The molecule has 0 aliphatic rings. The molecular weight excluding hydrogens is 246 g/mol. The number of hydrogen-bond donors (Lipinski definition) is 2. The molecule has 0 aliphatic heterocycles. The van der Waals surface area contributed by atoms with Gasteiger partial charge in [-0.1, -0.05) is 44.0 Å². The van der Waals surface area contributed by atoms with E-state index in [2.05, 4.69) is 19.1 Å². The first-order valence-corrected chi connectivity index (χ1v) is 7.47. The molecule has 0 saturated carbocycles. The summed E-state index contributed by atoms with van der Waals surface area (Å²) in [6.07, 6.45) is 6.31. The van der Waals surface area contributed by atoms with Crippen LogP contribution in [0, 0.1) is 5.41 Å². The molecule has 106 valence electrons. The van der Waals surface area contributed by atoms with Gasteiger partial charge in [0.2, 0.25) is 0 Å². The van der Waals surface area contributed by atoms with Crippen LogP contribution in [-0.2, 0) is 6.42 Å². The van der Waals surface area contributed by atoms with Gasteiger partial charge in [0.1, 0.15) is 5.75 Å². The van der Waals surface area contributed by atoms with Crippen LogP contribution in [0.4, 0.5) is 0 Å². The Kier molecular flexibility index (Phi) is 5.16. The summed E-state index contributed by atoms with van der Waals surface area (Å²) in [4.78, 5) is 0. The molecule has 2 N–H and O–H groups in total. The Hall–Kier alpha value is -1.83. The minimum atomic E-state index is 0.308. The van der Waals surface area contributed by atoms with Crippen molar-refractivity contribution < 1.29 is 5.11 Å². The van der Waals surface area contributed by atoms with Gasteiger partial charge in [0.15, 0.2) is 0 Å². The van der Waals surface area contributed by atoms with Gasteiger partial charge in [-0.2, -0.15) is 0 Å². The Morgan fingerprint density at radius 1 is 1.00 bits per heavy atom. The predicted molar refractivity (Wildman–Crippen MR) is 85.8 cm³/mol. The van der Waals surface area contributed by atoms with Crippen LogP contribution < -0.4 is 0 Å². The van der Waals surface area contributed by atoms with Gasteiger partial charge in [0.25, 0.3) is 0 Å². The summed E-state index contributed by atoms with van der Waals surface area (Å²) in [5, 5.41) is 19.6. The van der Waals surface area contributed by atoms with Crippen molar-refractivity contribution in [2.24, 2.45) is 0 Å². The normalized spacial score (nSPS) is 10.8. The van der Waals surface area contributed by atoms with E-state index in [0.29, 0.717) is 5.75 Å². The maximum absolute atomic E-state index is 9.45. The number of nitrogens with one attached hydrogen (secondary N) is 1. The van der Waals surface area contributed by atoms with E-state index in [0.717, 1.165) is 42.2 Å². The number of unbranched alkanes of at least 4 members (excludes halogenated alkanes) is 2. The van der Waals surface area contributed by atoms with Crippen LogP contribution in [0.5, 0.6) is 5.75 Å². The number of phenols is 1. The first-order chi connectivity index (χ1) is 9.69. The van der Waals surface area contributed by atoms with Crippen molar-refractivity contribution in [1.82, 2.24) is 0 Å². The molecular formula is C18H23NO. The molecule has 2 nitrogen and oxygen atoms in total. The van der Waals surface area contributed by atoms with Crippen LogP contribution in [0.3, 0.4) is 0 Å². The van der Waals surface area contributed by atoms with E-state index in [1.165, 1.54) is 18.4 Å². The SMILES string of the molecule is CCCCCC(=N)CCc1ccc2cc(O)ccc2c1. The van der Waals surface area contributed by atoms with Gasteiger partial charge in [-0.15, -0.1) is 0 Å². The molecule has 0 bridgehead atoms. The smallest absolute Gasteiger partial charge is 0.116 e. The summed E-state index contributed by atoms with van der Waals surface area (Å²) in [5.41, 5.74) is 2.13. The van der Waals surface area contributed by atoms with Crippen molar-refractivity contribution in [3.05, 3.63) is 42.0 Å². The Balaban J connectivity index is 1.93. The summed E-state index contributed by atoms with van der Waals surface area (Å²) in [5.74, 6) is 0.308. The number of aromatic hydroxyl groups is 1. The van der Waals surface area contributed by atoms with Crippen molar-refractivity contribution in [1.29, 1.82) is 5.41 Å². The van der Waals surface area contributed by atoms with Crippen molar-refractivity contribution in [3.63, 3.8) is 0 Å². The summed E-state index contributed by atoms with van der Waals surface area (Å²) in [6.45, 7) is 2.19. The molecule has 0 atom stereocenters. The van der Waals surface area contributed by atoms with E-state index in [-0.39, 0.29) is 0 Å². The third-order valence-electron chi connectivity index (χ3n) is 3.69. The third kappa shape index (κ3) is 4.09. The zero-order chi connectivity index (χ0) is 14.4. The highest BCUT2D eigenvalue weighted by Crippen LogP contribution is 2.21. The lowest BCUT2D eigenvalue weighted by atomic mass is 10.0. The van der Waals surface area contributed by atoms with Gasteiger partial charge in [0.05, 0.1) is 0 Å². The number of rotatable bonds is 7. The van der Waals surface area contributed by atoms with Gasteiger partial charge in [-0.3, -0.25) is 0 Å². The van der Waals surface area contributed by atoms with Crippen molar-refractivity contribution >= 4 is 16.5 Å². The molecule has 0 saturated heterocycles. The van der Waals surface area contributed by atoms with Crippen LogP contribution in [0.2, 0.25) is 0 Å². The quantitative estimate of drug-likeness (QED) is 0.534.